The van der Waals surface area contributed by atoms with Gasteiger partial charge in [0.05, 0.1) is 6.61 Å². The number of carboxylic acid groups (broad SMARTS) is 1. The van der Waals surface area contributed by atoms with E-state index in [1.165, 1.54) is 6.92 Å². The van der Waals surface area contributed by atoms with Gasteiger partial charge in [0.1, 0.15) is 5.54 Å². The molecule has 0 saturated heterocycles. The standard InChI is InChI=1S/C15H18N2O3/c1-15(17,14(19)20)13-5-3-10(8-18)12-6-9(7-16)2-4-11(12)13/h2-6,18H,7-8,16-17H2,1H3,(H,19,20)/t15-/m1/s1. The molecular formula is C15H18N2O3. The molecule has 5 heteroatoms. The van der Waals surface area contributed by atoms with E-state index in [0.717, 1.165) is 21.9 Å². The summed E-state index contributed by atoms with van der Waals surface area (Å²) in [5.74, 6) is -1.10. The molecule has 0 bridgehead atoms. The minimum Gasteiger partial charge on any atom is -0.480 e. The van der Waals surface area contributed by atoms with E-state index in [1.807, 2.05) is 12.1 Å². The lowest BCUT2D eigenvalue weighted by Gasteiger charge is -2.23. The Morgan fingerprint density at radius 3 is 2.50 bits per heavy atom. The molecule has 0 fully saturated rings. The quantitative estimate of drug-likeness (QED) is 0.666. The van der Waals surface area contributed by atoms with Crippen molar-refractivity contribution in [3.05, 3.63) is 47.0 Å². The Hall–Kier alpha value is -1.95. The molecule has 0 radical (unpaired) electrons. The average molecular weight is 274 g/mol. The predicted octanol–water partition coefficient (Wildman–Crippen LogP) is 1.05. The zero-order chi connectivity index (χ0) is 14.9. The Morgan fingerprint density at radius 1 is 1.25 bits per heavy atom. The predicted molar refractivity (Wildman–Crippen MR) is 76.9 cm³/mol. The summed E-state index contributed by atoms with van der Waals surface area (Å²) in [5.41, 5.74) is 12.2. The van der Waals surface area contributed by atoms with Crippen molar-refractivity contribution < 1.29 is 15.0 Å². The maximum Gasteiger partial charge on any atom is 0.328 e. The Kier molecular flexibility index (Phi) is 3.76. The van der Waals surface area contributed by atoms with Crippen molar-refractivity contribution in [3.8, 4) is 0 Å². The molecule has 2 aromatic rings. The topological polar surface area (TPSA) is 110 Å². The number of rotatable bonds is 4. The Labute approximate surface area is 116 Å². The minimum atomic E-state index is -1.49. The molecule has 20 heavy (non-hydrogen) atoms. The highest BCUT2D eigenvalue weighted by atomic mass is 16.4. The second-order valence-electron chi connectivity index (χ2n) is 5.02. The van der Waals surface area contributed by atoms with E-state index >= 15 is 0 Å². The van der Waals surface area contributed by atoms with Gasteiger partial charge in [0, 0.05) is 6.54 Å². The monoisotopic (exact) mass is 274 g/mol. The van der Waals surface area contributed by atoms with Crippen LogP contribution in [0.2, 0.25) is 0 Å². The molecule has 0 spiro atoms. The van der Waals surface area contributed by atoms with Crippen LogP contribution in [-0.4, -0.2) is 16.2 Å². The summed E-state index contributed by atoms with van der Waals surface area (Å²) in [4.78, 5) is 11.3. The number of carboxylic acids is 1. The van der Waals surface area contributed by atoms with Gasteiger partial charge >= 0.3 is 5.97 Å². The zero-order valence-corrected chi connectivity index (χ0v) is 11.3. The van der Waals surface area contributed by atoms with E-state index in [0.29, 0.717) is 12.1 Å². The van der Waals surface area contributed by atoms with Gasteiger partial charge in [-0.2, -0.15) is 0 Å². The van der Waals surface area contributed by atoms with Crippen LogP contribution in [0.4, 0.5) is 0 Å². The largest absolute Gasteiger partial charge is 0.480 e. The lowest BCUT2D eigenvalue weighted by Crippen LogP contribution is -2.41. The molecule has 2 rings (SSSR count). The van der Waals surface area contributed by atoms with Crippen molar-refractivity contribution >= 4 is 16.7 Å². The Bertz CT molecular complexity index is 665. The summed E-state index contributed by atoms with van der Waals surface area (Å²) in [6.45, 7) is 1.71. The van der Waals surface area contributed by atoms with Crippen LogP contribution in [0.3, 0.4) is 0 Å². The second-order valence-corrected chi connectivity index (χ2v) is 5.02. The lowest BCUT2D eigenvalue weighted by molar-refractivity contribution is -0.142. The smallest absolute Gasteiger partial charge is 0.328 e. The van der Waals surface area contributed by atoms with Crippen molar-refractivity contribution in [1.82, 2.24) is 0 Å². The summed E-state index contributed by atoms with van der Waals surface area (Å²) in [6.07, 6.45) is 0. The average Bonchev–Trinajstić information content (AvgIpc) is 2.45. The summed E-state index contributed by atoms with van der Waals surface area (Å²) in [7, 11) is 0. The van der Waals surface area contributed by atoms with Crippen LogP contribution in [-0.2, 0) is 23.5 Å². The highest BCUT2D eigenvalue weighted by molar-refractivity contribution is 5.94. The molecule has 0 aliphatic carbocycles. The van der Waals surface area contributed by atoms with Crippen molar-refractivity contribution in [3.63, 3.8) is 0 Å². The number of carbonyl (C=O) groups is 1. The summed E-state index contributed by atoms with van der Waals surface area (Å²) < 4.78 is 0. The van der Waals surface area contributed by atoms with Crippen LogP contribution < -0.4 is 11.5 Å². The van der Waals surface area contributed by atoms with Gasteiger partial charge in [0.2, 0.25) is 0 Å². The summed E-state index contributed by atoms with van der Waals surface area (Å²) in [5, 5.41) is 20.2. The summed E-state index contributed by atoms with van der Waals surface area (Å²) in [6, 6.07) is 8.86. The number of benzene rings is 2. The van der Waals surface area contributed by atoms with Crippen molar-refractivity contribution in [1.29, 1.82) is 0 Å². The third kappa shape index (κ3) is 2.27. The van der Waals surface area contributed by atoms with Gasteiger partial charge in [0.15, 0.2) is 0 Å². The molecule has 2 aromatic carbocycles. The molecule has 0 unspecified atom stereocenters. The lowest BCUT2D eigenvalue weighted by atomic mass is 9.87. The molecule has 106 valence electrons. The van der Waals surface area contributed by atoms with Crippen molar-refractivity contribution in [2.45, 2.75) is 25.6 Å². The number of aliphatic hydroxyl groups excluding tert-OH is 1. The molecule has 0 aromatic heterocycles. The van der Waals surface area contributed by atoms with E-state index in [4.69, 9.17) is 11.5 Å². The van der Waals surface area contributed by atoms with E-state index in [-0.39, 0.29) is 6.61 Å². The maximum absolute atomic E-state index is 11.3. The van der Waals surface area contributed by atoms with Crippen LogP contribution in [0.15, 0.2) is 30.3 Å². The molecule has 0 heterocycles. The third-order valence-electron chi connectivity index (χ3n) is 3.58. The molecule has 5 nitrogen and oxygen atoms in total. The van der Waals surface area contributed by atoms with E-state index in [9.17, 15) is 15.0 Å². The van der Waals surface area contributed by atoms with Gasteiger partial charge in [-0.25, -0.2) is 4.79 Å². The Morgan fingerprint density at radius 2 is 1.95 bits per heavy atom. The minimum absolute atomic E-state index is 0.126. The van der Waals surface area contributed by atoms with Crippen LogP contribution >= 0.6 is 0 Å². The normalized spacial score (nSPS) is 14.2. The second kappa shape index (κ2) is 5.20. The van der Waals surface area contributed by atoms with Crippen LogP contribution in [0.5, 0.6) is 0 Å². The molecule has 6 N–H and O–H groups in total. The number of nitrogens with two attached hydrogens (primary N) is 2. The van der Waals surface area contributed by atoms with Crippen molar-refractivity contribution in [2.75, 3.05) is 0 Å². The first-order valence-corrected chi connectivity index (χ1v) is 6.30. The number of aliphatic hydroxyl groups is 1. The van der Waals surface area contributed by atoms with Crippen LogP contribution in [0.25, 0.3) is 10.8 Å². The molecule has 0 aliphatic heterocycles. The number of hydrogen-bond acceptors (Lipinski definition) is 4. The molecule has 0 amide bonds. The van der Waals surface area contributed by atoms with E-state index < -0.39 is 11.5 Å². The fraction of sp³-hybridized carbons (Fsp3) is 0.267. The first-order chi connectivity index (χ1) is 9.41. The SMILES string of the molecule is C[C@](N)(C(=O)O)c1ccc(CO)c2cc(CN)ccc12. The van der Waals surface area contributed by atoms with Crippen LogP contribution in [0.1, 0.15) is 23.6 Å². The third-order valence-corrected chi connectivity index (χ3v) is 3.58. The first kappa shape index (κ1) is 14.5. The zero-order valence-electron chi connectivity index (χ0n) is 11.3. The maximum atomic E-state index is 11.3. The van der Waals surface area contributed by atoms with Crippen molar-refractivity contribution in [2.24, 2.45) is 11.5 Å². The Balaban J connectivity index is 2.79. The highest BCUT2D eigenvalue weighted by Gasteiger charge is 2.32. The van der Waals surface area contributed by atoms with Gasteiger partial charge in [-0.05, 0) is 40.5 Å². The number of hydrogen-bond donors (Lipinski definition) is 4. The van der Waals surface area contributed by atoms with Gasteiger partial charge in [0.25, 0.3) is 0 Å². The van der Waals surface area contributed by atoms with E-state index in [2.05, 4.69) is 0 Å². The van der Waals surface area contributed by atoms with Gasteiger partial charge in [-0.15, -0.1) is 0 Å². The first-order valence-electron chi connectivity index (χ1n) is 6.30. The molecule has 1 atom stereocenters. The molecular weight excluding hydrogens is 256 g/mol. The molecule has 0 saturated carbocycles. The van der Waals surface area contributed by atoms with Gasteiger partial charge < -0.3 is 21.7 Å². The van der Waals surface area contributed by atoms with Crippen LogP contribution in [0, 0.1) is 0 Å². The fourth-order valence-corrected chi connectivity index (χ4v) is 2.29. The van der Waals surface area contributed by atoms with Gasteiger partial charge in [-0.3, -0.25) is 0 Å². The molecule has 0 aliphatic rings. The fourth-order valence-electron chi connectivity index (χ4n) is 2.29. The highest BCUT2D eigenvalue weighted by Crippen LogP contribution is 2.30. The van der Waals surface area contributed by atoms with Gasteiger partial charge in [-0.1, -0.05) is 24.3 Å². The number of aliphatic carboxylic acids is 1. The number of fused-ring (bicyclic) bond motifs is 1. The van der Waals surface area contributed by atoms with E-state index in [1.54, 1.807) is 18.2 Å². The summed E-state index contributed by atoms with van der Waals surface area (Å²) >= 11 is 0.